The van der Waals surface area contributed by atoms with Gasteiger partial charge in [-0.25, -0.2) is 0 Å². The van der Waals surface area contributed by atoms with Crippen LogP contribution in [0.4, 0.5) is 0 Å². The Morgan fingerprint density at radius 3 is 2.88 bits per heavy atom. The first-order chi connectivity index (χ1) is 11.4. The molecule has 1 amide bonds. The molecule has 1 atom stereocenters. The molecule has 1 aliphatic rings. The summed E-state index contributed by atoms with van der Waals surface area (Å²) in [5, 5.41) is 11.1. The number of methoxy groups -OCH3 is 1. The molecule has 2 aromatic rings. The van der Waals surface area contributed by atoms with Crippen molar-refractivity contribution in [1.82, 2.24) is 9.47 Å². The van der Waals surface area contributed by atoms with Gasteiger partial charge in [0.15, 0.2) is 0 Å². The lowest BCUT2D eigenvalue weighted by atomic mass is 9.88. The number of benzene rings is 1. The van der Waals surface area contributed by atoms with Crippen molar-refractivity contribution in [2.45, 2.75) is 13.0 Å². The summed E-state index contributed by atoms with van der Waals surface area (Å²) in [7, 11) is 1.48. The van der Waals surface area contributed by atoms with Gasteiger partial charge in [0.05, 0.1) is 6.61 Å². The van der Waals surface area contributed by atoms with Crippen molar-refractivity contribution in [3.05, 3.63) is 35.5 Å². The van der Waals surface area contributed by atoms with E-state index in [9.17, 15) is 14.7 Å². The third kappa shape index (κ3) is 2.99. The first-order valence-electron chi connectivity index (χ1n) is 7.70. The number of carbonyl (C=O) groups excluding carboxylic acids is 1. The molecule has 7 heteroatoms. The van der Waals surface area contributed by atoms with Crippen molar-refractivity contribution < 1.29 is 19.4 Å². The van der Waals surface area contributed by atoms with E-state index in [2.05, 4.69) is 0 Å². The van der Waals surface area contributed by atoms with E-state index in [0.29, 0.717) is 18.0 Å². The van der Waals surface area contributed by atoms with Crippen molar-refractivity contribution in [3.8, 4) is 0 Å². The monoisotopic (exact) mass is 350 g/mol. The van der Waals surface area contributed by atoms with Gasteiger partial charge >= 0.3 is 5.97 Å². The van der Waals surface area contributed by atoms with Crippen LogP contribution in [-0.2, 0) is 20.9 Å². The number of aromatic nitrogens is 1. The summed E-state index contributed by atoms with van der Waals surface area (Å²) in [4.78, 5) is 25.8. The van der Waals surface area contributed by atoms with Crippen LogP contribution in [0.1, 0.15) is 6.42 Å². The van der Waals surface area contributed by atoms with E-state index in [-0.39, 0.29) is 25.6 Å². The zero-order chi connectivity index (χ0) is 17.3. The number of likely N-dealkylation sites (tertiary alicyclic amines) is 1. The maximum absolute atomic E-state index is 12.6. The van der Waals surface area contributed by atoms with Gasteiger partial charge in [-0.15, -0.1) is 0 Å². The smallest absolute Gasteiger partial charge is 0.313 e. The molecule has 0 bridgehead atoms. The van der Waals surface area contributed by atoms with E-state index in [1.165, 1.54) is 7.11 Å². The third-order valence-corrected chi connectivity index (χ3v) is 4.86. The third-order valence-electron chi connectivity index (χ3n) is 4.62. The SMILES string of the molecule is COCC1(C(=O)O)CCN(C(=O)Cn2ccc3ccc(Cl)cc32)C1. The van der Waals surface area contributed by atoms with Gasteiger partial charge in [0.25, 0.3) is 0 Å². The number of aliphatic carboxylic acids is 1. The molecule has 24 heavy (non-hydrogen) atoms. The van der Waals surface area contributed by atoms with Gasteiger partial charge in [-0.05, 0) is 30.0 Å². The van der Waals surface area contributed by atoms with Crippen LogP contribution in [-0.4, -0.2) is 53.3 Å². The van der Waals surface area contributed by atoms with E-state index >= 15 is 0 Å². The minimum absolute atomic E-state index is 0.105. The number of rotatable bonds is 5. The fourth-order valence-electron chi connectivity index (χ4n) is 3.26. The summed E-state index contributed by atoms with van der Waals surface area (Å²) >= 11 is 6.03. The van der Waals surface area contributed by atoms with Crippen LogP contribution in [0.3, 0.4) is 0 Å². The molecule has 6 nitrogen and oxygen atoms in total. The number of carboxylic acids is 1. The van der Waals surface area contributed by atoms with Crippen LogP contribution < -0.4 is 0 Å². The van der Waals surface area contributed by atoms with Gasteiger partial charge in [-0.3, -0.25) is 9.59 Å². The van der Waals surface area contributed by atoms with Crippen LogP contribution in [0.5, 0.6) is 0 Å². The summed E-state index contributed by atoms with van der Waals surface area (Å²) in [5.41, 5.74) is -0.122. The number of carboxylic acid groups (broad SMARTS) is 1. The Kier molecular flexibility index (Phi) is 4.51. The summed E-state index contributed by atoms with van der Waals surface area (Å²) in [6.45, 7) is 0.865. The van der Waals surface area contributed by atoms with Crippen molar-refractivity contribution in [2.24, 2.45) is 5.41 Å². The van der Waals surface area contributed by atoms with Gasteiger partial charge < -0.3 is 19.3 Å². The van der Waals surface area contributed by atoms with Crippen molar-refractivity contribution in [1.29, 1.82) is 0 Å². The standard InChI is InChI=1S/C17H19ClN2O4/c1-24-11-17(16(22)23)5-7-20(10-17)15(21)9-19-6-4-12-2-3-13(18)8-14(12)19/h2-4,6,8H,5,7,9-11H2,1H3,(H,22,23). The molecule has 0 spiro atoms. The molecule has 1 fully saturated rings. The van der Waals surface area contributed by atoms with E-state index in [1.807, 2.05) is 35.0 Å². The fraction of sp³-hybridized carbons (Fsp3) is 0.412. The van der Waals surface area contributed by atoms with E-state index < -0.39 is 11.4 Å². The minimum Gasteiger partial charge on any atom is -0.481 e. The predicted octanol–water partition coefficient (Wildman–Crippen LogP) is 2.24. The highest BCUT2D eigenvalue weighted by Gasteiger charge is 2.46. The summed E-state index contributed by atoms with van der Waals surface area (Å²) in [6.07, 6.45) is 2.24. The molecule has 0 saturated carbocycles. The minimum atomic E-state index is -1.01. The second-order valence-corrected chi connectivity index (χ2v) is 6.67. The van der Waals surface area contributed by atoms with Crippen LogP contribution >= 0.6 is 11.6 Å². The van der Waals surface area contributed by atoms with E-state index in [4.69, 9.17) is 16.3 Å². The van der Waals surface area contributed by atoms with Crippen molar-refractivity contribution in [3.63, 3.8) is 0 Å². The lowest BCUT2D eigenvalue weighted by molar-refractivity contribution is -0.151. The Labute approximate surface area is 144 Å². The molecule has 1 saturated heterocycles. The van der Waals surface area contributed by atoms with Gasteiger partial charge in [-0.1, -0.05) is 17.7 Å². The molecule has 3 rings (SSSR count). The van der Waals surface area contributed by atoms with Crippen molar-refractivity contribution in [2.75, 3.05) is 26.8 Å². The number of amides is 1. The van der Waals surface area contributed by atoms with Crippen LogP contribution in [0.15, 0.2) is 30.5 Å². The number of carbonyl (C=O) groups is 2. The summed E-state index contributed by atoms with van der Waals surface area (Å²) in [5.74, 6) is -1.02. The Morgan fingerprint density at radius 1 is 1.38 bits per heavy atom. The van der Waals surface area contributed by atoms with E-state index in [1.54, 1.807) is 4.90 Å². The molecule has 2 heterocycles. The van der Waals surface area contributed by atoms with E-state index in [0.717, 1.165) is 10.9 Å². The Morgan fingerprint density at radius 2 is 2.17 bits per heavy atom. The first kappa shape index (κ1) is 16.8. The molecule has 1 unspecified atom stereocenters. The fourth-order valence-corrected chi connectivity index (χ4v) is 3.42. The molecule has 0 radical (unpaired) electrons. The first-order valence-corrected chi connectivity index (χ1v) is 8.07. The molecule has 128 valence electrons. The molecule has 0 aliphatic carbocycles. The van der Waals surface area contributed by atoms with Gasteiger partial charge in [0.2, 0.25) is 5.91 Å². The Balaban J connectivity index is 1.75. The number of halogens is 1. The van der Waals surface area contributed by atoms with Gasteiger partial charge in [-0.2, -0.15) is 0 Å². The maximum atomic E-state index is 12.6. The largest absolute Gasteiger partial charge is 0.481 e. The molecule has 1 aliphatic heterocycles. The highest BCUT2D eigenvalue weighted by Crippen LogP contribution is 2.31. The number of nitrogens with zero attached hydrogens (tertiary/aromatic N) is 2. The normalized spacial score (nSPS) is 20.7. The molecular formula is C17H19ClN2O4. The zero-order valence-corrected chi connectivity index (χ0v) is 14.1. The maximum Gasteiger partial charge on any atom is 0.313 e. The molecule has 1 N–H and O–H groups in total. The lowest BCUT2D eigenvalue weighted by Crippen LogP contribution is -2.40. The summed E-state index contributed by atoms with van der Waals surface area (Å²) < 4.78 is 6.89. The van der Waals surface area contributed by atoms with Crippen LogP contribution in [0.2, 0.25) is 5.02 Å². The number of hydrogen-bond donors (Lipinski definition) is 1. The van der Waals surface area contributed by atoms with Gasteiger partial charge in [0, 0.05) is 36.9 Å². The predicted molar refractivity (Wildman–Crippen MR) is 90.1 cm³/mol. The average molecular weight is 351 g/mol. The highest BCUT2D eigenvalue weighted by atomic mass is 35.5. The Hall–Kier alpha value is -2.05. The molecular weight excluding hydrogens is 332 g/mol. The number of fused-ring (bicyclic) bond motifs is 1. The van der Waals surface area contributed by atoms with Crippen molar-refractivity contribution >= 4 is 34.4 Å². The Bertz CT molecular complexity index is 788. The second-order valence-electron chi connectivity index (χ2n) is 6.23. The average Bonchev–Trinajstić information content (AvgIpc) is 3.13. The topological polar surface area (TPSA) is 71.8 Å². The summed E-state index contributed by atoms with van der Waals surface area (Å²) in [6, 6.07) is 7.46. The van der Waals surface area contributed by atoms with Crippen LogP contribution in [0, 0.1) is 5.41 Å². The molecule has 1 aromatic heterocycles. The van der Waals surface area contributed by atoms with Gasteiger partial charge in [0.1, 0.15) is 12.0 Å². The molecule has 1 aromatic carbocycles. The number of ether oxygens (including phenoxy) is 1. The second kappa shape index (κ2) is 6.45. The van der Waals surface area contributed by atoms with Crippen LogP contribution in [0.25, 0.3) is 10.9 Å². The quantitative estimate of drug-likeness (QED) is 0.897. The zero-order valence-electron chi connectivity index (χ0n) is 13.4. The lowest BCUT2D eigenvalue weighted by Gasteiger charge is -2.24. The number of hydrogen-bond acceptors (Lipinski definition) is 3. The highest BCUT2D eigenvalue weighted by molar-refractivity contribution is 6.31.